The molecular weight excluding hydrogens is 232 g/mol. The van der Waals surface area contributed by atoms with E-state index in [9.17, 15) is 5.11 Å². The molecule has 0 aliphatic rings. The van der Waals surface area contributed by atoms with Gasteiger partial charge in [-0.2, -0.15) is 0 Å². The highest BCUT2D eigenvalue weighted by molar-refractivity contribution is 5.51. The first-order chi connectivity index (χ1) is 8.95. The third kappa shape index (κ3) is 5.60. The Morgan fingerprint density at radius 3 is 2.42 bits per heavy atom. The van der Waals surface area contributed by atoms with Crippen molar-refractivity contribution < 1.29 is 5.11 Å². The molecule has 0 saturated heterocycles. The molecule has 1 nitrogen and oxygen atoms in total. The van der Waals surface area contributed by atoms with E-state index in [1.807, 2.05) is 18.2 Å². The Labute approximate surface area is 117 Å². The van der Waals surface area contributed by atoms with Crippen molar-refractivity contribution >= 4 is 6.08 Å². The van der Waals surface area contributed by atoms with Gasteiger partial charge in [-0.1, -0.05) is 48.9 Å². The second-order valence-corrected chi connectivity index (χ2v) is 5.45. The van der Waals surface area contributed by atoms with Gasteiger partial charge in [0.2, 0.25) is 0 Å². The third-order valence-corrected chi connectivity index (χ3v) is 3.25. The minimum Gasteiger partial charge on any atom is -0.508 e. The van der Waals surface area contributed by atoms with Crippen molar-refractivity contribution in [2.75, 3.05) is 0 Å². The van der Waals surface area contributed by atoms with E-state index in [1.54, 1.807) is 12.1 Å². The lowest BCUT2D eigenvalue weighted by Gasteiger charge is -2.20. The van der Waals surface area contributed by atoms with Crippen LogP contribution in [-0.4, -0.2) is 5.11 Å². The minimum atomic E-state index is 0.00381. The number of hydrogen-bond acceptors (Lipinski definition) is 1. The van der Waals surface area contributed by atoms with E-state index < -0.39 is 0 Å². The van der Waals surface area contributed by atoms with Crippen LogP contribution in [0.1, 0.15) is 39.2 Å². The van der Waals surface area contributed by atoms with Crippen LogP contribution in [0.5, 0.6) is 5.75 Å². The fourth-order valence-corrected chi connectivity index (χ4v) is 1.80. The predicted octanol–water partition coefficient (Wildman–Crippen LogP) is 5.34. The summed E-state index contributed by atoms with van der Waals surface area (Å²) in [6.45, 7) is 10.4. The smallest absolute Gasteiger partial charge is 0.115 e. The number of aromatic hydroxyl groups is 1. The van der Waals surface area contributed by atoms with Crippen LogP contribution in [0.2, 0.25) is 0 Å². The van der Waals surface area contributed by atoms with E-state index >= 15 is 0 Å². The summed E-state index contributed by atoms with van der Waals surface area (Å²) in [7, 11) is 0. The molecule has 1 aromatic rings. The summed E-state index contributed by atoms with van der Waals surface area (Å²) in [5.74, 6) is 0.298. The lowest BCUT2D eigenvalue weighted by Crippen LogP contribution is -2.08. The van der Waals surface area contributed by atoms with E-state index in [-0.39, 0.29) is 5.41 Å². The van der Waals surface area contributed by atoms with Crippen LogP contribution in [0.15, 0.2) is 54.6 Å². The zero-order valence-electron chi connectivity index (χ0n) is 12.2. The second-order valence-electron chi connectivity index (χ2n) is 5.45. The Kier molecular flexibility index (Phi) is 5.62. The number of benzene rings is 1. The lowest BCUT2D eigenvalue weighted by atomic mass is 9.84. The van der Waals surface area contributed by atoms with Crippen LogP contribution in [-0.2, 0) is 0 Å². The first-order valence-electron chi connectivity index (χ1n) is 6.70. The Balaban J connectivity index is 2.71. The largest absolute Gasteiger partial charge is 0.508 e. The monoisotopic (exact) mass is 256 g/mol. The molecule has 1 unspecified atom stereocenters. The van der Waals surface area contributed by atoms with E-state index in [1.165, 1.54) is 5.57 Å². The molecule has 102 valence electrons. The summed E-state index contributed by atoms with van der Waals surface area (Å²) < 4.78 is 0. The normalized spacial score (nSPS) is 14.1. The van der Waals surface area contributed by atoms with Crippen LogP contribution in [0.3, 0.4) is 0 Å². The summed E-state index contributed by atoms with van der Waals surface area (Å²) in [5.41, 5.74) is 2.45. The minimum absolute atomic E-state index is 0.00381. The van der Waals surface area contributed by atoms with Crippen molar-refractivity contribution in [1.82, 2.24) is 0 Å². The average Bonchev–Trinajstić information content (AvgIpc) is 2.38. The molecule has 0 saturated carbocycles. The maximum Gasteiger partial charge on any atom is 0.115 e. The van der Waals surface area contributed by atoms with E-state index in [4.69, 9.17) is 0 Å². The fraction of sp³-hybridized carbons (Fsp3) is 0.333. The van der Waals surface area contributed by atoms with Crippen LogP contribution < -0.4 is 0 Å². The highest BCUT2D eigenvalue weighted by Gasteiger charge is 2.14. The third-order valence-electron chi connectivity index (χ3n) is 3.25. The fourth-order valence-electron chi connectivity index (χ4n) is 1.80. The first-order valence-corrected chi connectivity index (χ1v) is 6.70. The number of phenols is 1. The van der Waals surface area contributed by atoms with Gasteiger partial charge in [0.15, 0.2) is 0 Å². The first kappa shape index (κ1) is 15.3. The summed E-state index contributed by atoms with van der Waals surface area (Å²) in [6, 6.07) is 7.22. The maximum atomic E-state index is 9.25. The van der Waals surface area contributed by atoms with Crippen molar-refractivity contribution in [2.24, 2.45) is 5.41 Å². The van der Waals surface area contributed by atoms with Gasteiger partial charge >= 0.3 is 0 Å². The Hall–Kier alpha value is -1.76. The van der Waals surface area contributed by atoms with E-state index in [2.05, 4.69) is 45.6 Å². The van der Waals surface area contributed by atoms with Gasteiger partial charge in [-0.15, -0.1) is 6.58 Å². The van der Waals surface area contributed by atoms with Crippen LogP contribution in [0.25, 0.3) is 6.08 Å². The van der Waals surface area contributed by atoms with E-state index in [0.29, 0.717) is 5.75 Å². The van der Waals surface area contributed by atoms with Crippen molar-refractivity contribution in [1.29, 1.82) is 0 Å². The molecule has 0 radical (unpaired) electrons. The van der Waals surface area contributed by atoms with Crippen LogP contribution in [0, 0.1) is 5.41 Å². The highest BCUT2D eigenvalue weighted by Crippen LogP contribution is 2.28. The Bertz CT molecular complexity index is 461. The highest BCUT2D eigenvalue weighted by atomic mass is 16.3. The molecule has 0 aliphatic heterocycles. The summed E-state index contributed by atoms with van der Waals surface area (Å²) in [6.07, 6.45) is 10.6. The molecule has 1 heteroatoms. The van der Waals surface area contributed by atoms with Crippen molar-refractivity contribution in [2.45, 2.75) is 33.6 Å². The van der Waals surface area contributed by atoms with Crippen LogP contribution in [0.4, 0.5) is 0 Å². The molecule has 1 rings (SSSR count). The topological polar surface area (TPSA) is 20.2 Å². The molecular formula is C18H24O. The van der Waals surface area contributed by atoms with Gasteiger partial charge in [0, 0.05) is 5.41 Å². The number of hydrogen-bond donors (Lipinski definition) is 1. The molecule has 1 aromatic carbocycles. The molecule has 0 bridgehead atoms. The van der Waals surface area contributed by atoms with Crippen molar-refractivity contribution in [3.05, 3.63) is 60.2 Å². The van der Waals surface area contributed by atoms with Gasteiger partial charge in [0.05, 0.1) is 0 Å². The molecule has 0 amide bonds. The number of allylic oxidation sites excluding steroid dienone is 4. The maximum absolute atomic E-state index is 9.25. The van der Waals surface area contributed by atoms with E-state index in [0.717, 1.165) is 18.4 Å². The average molecular weight is 256 g/mol. The Morgan fingerprint density at radius 2 is 1.89 bits per heavy atom. The quantitative estimate of drug-likeness (QED) is 0.681. The summed E-state index contributed by atoms with van der Waals surface area (Å²) in [4.78, 5) is 0. The zero-order valence-corrected chi connectivity index (χ0v) is 12.2. The molecule has 1 N–H and O–H groups in total. The number of rotatable bonds is 6. The van der Waals surface area contributed by atoms with Gasteiger partial charge < -0.3 is 5.11 Å². The number of phenolic OH excluding ortho intramolecular Hbond substituents is 1. The lowest BCUT2D eigenvalue weighted by molar-refractivity contribution is 0.475. The van der Waals surface area contributed by atoms with Crippen molar-refractivity contribution in [3.63, 3.8) is 0 Å². The van der Waals surface area contributed by atoms with Gasteiger partial charge in [-0.3, -0.25) is 0 Å². The summed E-state index contributed by atoms with van der Waals surface area (Å²) in [5, 5.41) is 9.25. The predicted molar refractivity (Wildman–Crippen MR) is 84.1 cm³/mol. The van der Waals surface area contributed by atoms with Gasteiger partial charge in [-0.25, -0.2) is 0 Å². The zero-order chi connectivity index (χ0) is 14.3. The molecule has 0 aromatic heterocycles. The van der Waals surface area contributed by atoms with Gasteiger partial charge in [0.1, 0.15) is 5.75 Å². The van der Waals surface area contributed by atoms with Crippen LogP contribution >= 0.6 is 0 Å². The summed E-state index contributed by atoms with van der Waals surface area (Å²) >= 11 is 0. The molecule has 0 heterocycles. The van der Waals surface area contributed by atoms with Gasteiger partial charge in [-0.05, 0) is 44.4 Å². The second kappa shape index (κ2) is 6.98. The molecule has 19 heavy (non-hydrogen) atoms. The Morgan fingerprint density at radius 1 is 1.26 bits per heavy atom. The molecule has 0 aliphatic carbocycles. The van der Waals surface area contributed by atoms with Crippen molar-refractivity contribution in [3.8, 4) is 5.75 Å². The standard InChI is InChI=1S/C18H24O/c1-5-18(4,13-6-7-15(2)3)14-12-16-8-10-17(19)11-9-16/h5,7-12,14,19H,1,6,13H2,2-4H3/b14-12-. The SMILES string of the molecule is C=CC(C)(/C=C\c1ccc(O)cc1)CCC=C(C)C. The molecule has 1 atom stereocenters. The molecule has 0 spiro atoms. The molecule has 0 fully saturated rings. The van der Waals surface area contributed by atoms with Gasteiger partial charge in [0.25, 0.3) is 0 Å².